The lowest BCUT2D eigenvalue weighted by molar-refractivity contribution is -0.190. The van der Waals surface area contributed by atoms with E-state index in [4.69, 9.17) is 4.74 Å². The summed E-state index contributed by atoms with van der Waals surface area (Å²) in [6.45, 7) is 1.95. The Kier molecular flexibility index (Phi) is 2.86. The maximum atomic E-state index is 12.8. The summed E-state index contributed by atoms with van der Waals surface area (Å²) < 4.78 is 6.06. The number of piperidine rings is 1. The molecule has 5 aliphatic rings. The second-order valence-electron chi connectivity index (χ2n) is 9.07. The Morgan fingerprint density at radius 2 is 2.12 bits per heavy atom. The molecule has 26 heavy (non-hydrogen) atoms. The molecular formula is C21H25NO4. The van der Waals surface area contributed by atoms with Gasteiger partial charge in [0.2, 0.25) is 0 Å². The second-order valence-corrected chi connectivity index (χ2v) is 9.07. The number of nitrogens with zero attached hydrogens (tertiary/aromatic N) is 1. The average molecular weight is 355 g/mol. The molecule has 2 aliphatic heterocycles. The van der Waals surface area contributed by atoms with Gasteiger partial charge in [-0.2, -0.15) is 0 Å². The molecule has 2 heterocycles. The summed E-state index contributed by atoms with van der Waals surface area (Å²) in [4.78, 5) is 15.3. The monoisotopic (exact) mass is 355 g/mol. The molecule has 138 valence electrons. The number of benzene rings is 1. The van der Waals surface area contributed by atoms with Crippen LogP contribution in [0.5, 0.6) is 11.5 Å². The molecule has 0 amide bonds. The van der Waals surface area contributed by atoms with Crippen LogP contribution >= 0.6 is 0 Å². The molecule has 4 atom stereocenters. The van der Waals surface area contributed by atoms with Crippen molar-refractivity contribution < 1.29 is 19.7 Å². The first kappa shape index (κ1) is 15.5. The number of Topliss-reactive ketones (excluding diaryl/α,β-unsaturated/α-hetero) is 1. The summed E-state index contributed by atoms with van der Waals surface area (Å²) >= 11 is 0. The van der Waals surface area contributed by atoms with Crippen LogP contribution in [0.2, 0.25) is 0 Å². The average Bonchev–Trinajstić information content (AvgIpc) is 2.93. The maximum Gasteiger partial charge on any atom is 0.174 e. The van der Waals surface area contributed by atoms with Crippen molar-refractivity contribution in [1.82, 2.24) is 4.90 Å². The number of aromatic hydroxyl groups is 1. The molecule has 1 aromatic rings. The number of hydrogen-bond donors (Lipinski definition) is 2. The zero-order chi connectivity index (χ0) is 17.7. The zero-order valence-corrected chi connectivity index (χ0v) is 14.9. The quantitative estimate of drug-likeness (QED) is 0.848. The molecule has 6 rings (SSSR count). The van der Waals surface area contributed by atoms with Crippen LogP contribution < -0.4 is 4.74 Å². The zero-order valence-electron chi connectivity index (χ0n) is 14.9. The molecule has 3 aliphatic carbocycles. The van der Waals surface area contributed by atoms with Crippen LogP contribution in [0.25, 0.3) is 0 Å². The van der Waals surface area contributed by atoms with E-state index in [-0.39, 0.29) is 17.6 Å². The molecular weight excluding hydrogens is 330 g/mol. The highest BCUT2D eigenvalue weighted by atomic mass is 16.5. The van der Waals surface area contributed by atoms with Gasteiger partial charge in [0, 0.05) is 24.6 Å². The molecule has 3 fully saturated rings. The maximum absolute atomic E-state index is 12.8. The van der Waals surface area contributed by atoms with Gasteiger partial charge in [-0.05, 0) is 56.2 Å². The predicted molar refractivity (Wildman–Crippen MR) is 94.4 cm³/mol. The van der Waals surface area contributed by atoms with E-state index in [9.17, 15) is 15.0 Å². The van der Waals surface area contributed by atoms with E-state index in [1.54, 1.807) is 6.07 Å². The van der Waals surface area contributed by atoms with Gasteiger partial charge in [-0.25, -0.2) is 0 Å². The highest BCUT2D eigenvalue weighted by Gasteiger charge is 2.73. The second kappa shape index (κ2) is 4.82. The minimum Gasteiger partial charge on any atom is -0.504 e. The smallest absolute Gasteiger partial charge is 0.174 e. The fourth-order valence-corrected chi connectivity index (χ4v) is 6.64. The Hall–Kier alpha value is -1.59. The Labute approximate surface area is 152 Å². The lowest BCUT2D eigenvalue weighted by Crippen LogP contribution is -2.76. The lowest BCUT2D eigenvalue weighted by Gasteiger charge is -2.63. The van der Waals surface area contributed by atoms with Gasteiger partial charge in [0.1, 0.15) is 0 Å². The van der Waals surface area contributed by atoms with E-state index in [0.717, 1.165) is 43.0 Å². The van der Waals surface area contributed by atoms with Crippen LogP contribution in [0.4, 0.5) is 0 Å². The largest absolute Gasteiger partial charge is 0.504 e. The van der Waals surface area contributed by atoms with Crippen molar-refractivity contribution in [1.29, 1.82) is 0 Å². The van der Waals surface area contributed by atoms with Crippen molar-refractivity contribution in [2.75, 3.05) is 13.1 Å². The van der Waals surface area contributed by atoms with Gasteiger partial charge >= 0.3 is 0 Å². The third-order valence-electron chi connectivity index (χ3n) is 8.09. The van der Waals surface area contributed by atoms with Crippen molar-refractivity contribution in [3.63, 3.8) is 0 Å². The highest BCUT2D eigenvalue weighted by Crippen LogP contribution is 2.64. The molecule has 1 saturated heterocycles. The van der Waals surface area contributed by atoms with E-state index in [0.29, 0.717) is 18.6 Å². The third-order valence-corrected chi connectivity index (χ3v) is 8.09. The van der Waals surface area contributed by atoms with E-state index in [1.165, 1.54) is 19.3 Å². The normalized spacial score (nSPS) is 40.7. The van der Waals surface area contributed by atoms with Gasteiger partial charge in [0.25, 0.3) is 0 Å². The van der Waals surface area contributed by atoms with Crippen LogP contribution in [0, 0.1) is 5.92 Å². The number of carbonyl (C=O) groups excluding carboxylic acids is 1. The van der Waals surface area contributed by atoms with Gasteiger partial charge in [-0.3, -0.25) is 9.69 Å². The van der Waals surface area contributed by atoms with Crippen molar-refractivity contribution >= 4 is 5.78 Å². The summed E-state index contributed by atoms with van der Waals surface area (Å²) in [5.74, 6) is 1.37. The molecule has 1 aromatic carbocycles. The Morgan fingerprint density at radius 3 is 2.88 bits per heavy atom. The van der Waals surface area contributed by atoms with E-state index >= 15 is 0 Å². The molecule has 0 aromatic heterocycles. The number of phenols is 1. The number of carbonyl (C=O) groups is 1. The lowest BCUT2D eigenvalue weighted by atomic mass is 9.49. The number of hydrogen-bond acceptors (Lipinski definition) is 5. The minimum atomic E-state index is -0.945. The van der Waals surface area contributed by atoms with Crippen LogP contribution in [0.1, 0.15) is 49.7 Å². The fourth-order valence-electron chi connectivity index (χ4n) is 6.64. The standard InChI is InChI=1S/C21H25NO4/c23-14-5-4-13-10-16-21(25)7-6-15(24)19-20(21,17(13)18(14)26-19)8-9-22(16)11-12-2-1-3-12/h4-5,12,16,19,23,25H,1-3,6-11H2/t16-,19?,20+,21+/m1/s1. The number of likely N-dealkylation sites (tertiary alicyclic amines) is 1. The van der Waals surface area contributed by atoms with Crippen LogP contribution in [-0.4, -0.2) is 51.7 Å². The summed E-state index contributed by atoms with van der Waals surface area (Å²) in [6.07, 6.45) is 5.65. The van der Waals surface area contributed by atoms with Crippen molar-refractivity contribution in [2.24, 2.45) is 5.92 Å². The third kappa shape index (κ3) is 1.59. The number of ether oxygens (including phenoxy) is 1. The summed E-state index contributed by atoms with van der Waals surface area (Å²) in [5.41, 5.74) is 0.449. The SMILES string of the molecule is O=C1CC[C@]2(O)[C@H]3Cc4ccc(O)c5c4[C@@]2(CCN3CC2CCC2)C1O5. The Balaban J connectivity index is 1.53. The number of ketones is 1. The first-order chi connectivity index (χ1) is 12.5. The molecule has 5 nitrogen and oxygen atoms in total. The van der Waals surface area contributed by atoms with E-state index in [1.807, 2.05) is 6.07 Å². The van der Waals surface area contributed by atoms with Crippen molar-refractivity contribution in [3.05, 3.63) is 23.3 Å². The number of rotatable bonds is 2. The minimum absolute atomic E-state index is 0.0408. The summed E-state index contributed by atoms with van der Waals surface area (Å²) in [5, 5.41) is 22.4. The number of aliphatic hydroxyl groups is 1. The molecule has 2 bridgehead atoms. The van der Waals surface area contributed by atoms with E-state index < -0.39 is 17.1 Å². The topological polar surface area (TPSA) is 70.0 Å². The Bertz CT molecular complexity index is 818. The molecule has 0 radical (unpaired) electrons. The van der Waals surface area contributed by atoms with Crippen LogP contribution in [0.15, 0.2) is 12.1 Å². The molecule has 1 spiro atoms. The molecule has 1 unspecified atom stereocenters. The van der Waals surface area contributed by atoms with Gasteiger partial charge in [0.05, 0.1) is 11.0 Å². The number of phenolic OH excluding ortho intramolecular Hbond substituents is 1. The van der Waals surface area contributed by atoms with Crippen LogP contribution in [0.3, 0.4) is 0 Å². The van der Waals surface area contributed by atoms with Crippen LogP contribution in [-0.2, 0) is 16.6 Å². The molecule has 5 heteroatoms. The Morgan fingerprint density at radius 1 is 1.27 bits per heavy atom. The fraction of sp³-hybridized carbons (Fsp3) is 0.667. The summed E-state index contributed by atoms with van der Waals surface area (Å²) in [6, 6.07) is 3.70. The van der Waals surface area contributed by atoms with E-state index in [2.05, 4.69) is 4.90 Å². The highest BCUT2D eigenvalue weighted by molar-refractivity contribution is 5.90. The van der Waals surface area contributed by atoms with Gasteiger partial charge < -0.3 is 14.9 Å². The van der Waals surface area contributed by atoms with Gasteiger partial charge in [0.15, 0.2) is 23.4 Å². The summed E-state index contributed by atoms with van der Waals surface area (Å²) in [7, 11) is 0. The van der Waals surface area contributed by atoms with Crippen molar-refractivity contribution in [2.45, 2.75) is 68.1 Å². The molecule has 2 N–H and O–H groups in total. The van der Waals surface area contributed by atoms with Crippen molar-refractivity contribution in [3.8, 4) is 11.5 Å². The van der Waals surface area contributed by atoms with Gasteiger partial charge in [-0.1, -0.05) is 12.5 Å². The first-order valence-electron chi connectivity index (χ1n) is 10.1. The first-order valence-corrected chi connectivity index (χ1v) is 10.1. The van der Waals surface area contributed by atoms with Gasteiger partial charge in [-0.15, -0.1) is 0 Å². The molecule has 2 saturated carbocycles. The predicted octanol–water partition coefficient (Wildman–Crippen LogP) is 1.92.